The van der Waals surface area contributed by atoms with Crippen LogP contribution in [0.2, 0.25) is 0 Å². The van der Waals surface area contributed by atoms with Crippen LogP contribution < -0.4 is 5.32 Å². The van der Waals surface area contributed by atoms with Crippen molar-refractivity contribution in [1.82, 2.24) is 10.2 Å². The largest absolute Gasteiger partial charge is 0.378 e. The Bertz CT molecular complexity index is 293. The number of hydrogen-bond acceptors (Lipinski definition) is 3. The third-order valence-electron chi connectivity index (χ3n) is 6.04. The van der Waals surface area contributed by atoms with E-state index in [1.807, 2.05) is 0 Å². The molecule has 0 aromatic rings. The molecule has 156 valence electrons. The molecule has 3 nitrogen and oxygen atoms in total. The highest BCUT2D eigenvalue weighted by Gasteiger charge is 2.28. The summed E-state index contributed by atoms with van der Waals surface area (Å²) in [6, 6.07) is 0.698. The molecule has 0 spiro atoms. The lowest BCUT2D eigenvalue weighted by atomic mass is 9.89. The number of ether oxygens (including phenoxy) is 1. The summed E-state index contributed by atoms with van der Waals surface area (Å²) in [5.41, 5.74) is 0. The van der Waals surface area contributed by atoms with Gasteiger partial charge in [0.1, 0.15) is 0 Å². The zero-order valence-electron chi connectivity index (χ0n) is 18.4. The van der Waals surface area contributed by atoms with E-state index in [0.717, 1.165) is 12.5 Å². The van der Waals surface area contributed by atoms with Gasteiger partial charge in [0.25, 0.3) is 0 Å². The van der Waals surface area contributed by atoms with Crippen LogP contribution in [0.1, 0.15) is 97.3 Å². The molecule has 0 saturated heterocycles. The molecule has 3 heteroatoms. The summed E-state index contributed by atoms with van der Waals surface area (Å²) in [6.45, 7) is 8.01. The predicted molar refractivity (Wildman–Crippen MR) is 115 cm³/mol. The smallest absolute Gasteiger partial charge is 0.0604 e. The van der Waals surface area contributed by atoms with Crippen LogP contribution in [0.3, 0.4) is 0 Å². The lowest BCUT2D eigenvalue weighted by Gasteiger charge is -2.35. The molecule has 0 atom stereocenters. The van der Waals surface area contributed by atoms with Crippen molar-refractivity contribution in [1.29, 1.82) is 0 Å². The molecule has 1 fully saturated rings. The highest BCUT2D eigenvalue weighted by Crippen LogP contribution is 2.23. The molecule has 0 amide bonds. The predicted octanol–water partition coefficient (Wildman–Crippen LogP) is 5.63. The second-order valence-corrected chi connectivity index (χ2v) is 8.63. The van der Waals surface area contributed by atoms with Crippen LogP contribution in [0.4, 0.5) is 0 Å². The number of rotatable bonds is 18. The summed E-state index contributed by atoms with van der Waals surface area (Å²) in [4.78, 5) is 2.56. The minimum Gasteiger partial charge on any atom is -0.378 e. The van der Waals surface area contributed by atoms with Crippen molar-refractivity contribution >= 4 is 0 Å². The van der Waals surface area contributed by atoms with E-state index in [4.69, 9.17) is 4.74 Å². The van der Waals surface area contributed by atoms with Crippen molar-refractivity contribution in [2.75, 3.05) is 33.8 Å². The zero-order chi connectivity index (χ0) is 19.0. The molecule has 0 radical (unpaired) electrons. The number of unbranched alkanes of at least 4 members (excludes halogenated alkanes) is 6. The van der Waals surface area contributed by atoms with Gasteiger partial charge in [-0.25, -0.2) is 0 Å². The van der Waals surface area contributed by atoms with E-state index in [-0.39, 0.29) is 0 Å². The maximum absolute atomic E-state index is 5.98. The fourth-order valence-electron chi connectivity index (χ4n) is 4.10. The summed E-state index contributed by atoms with van der Waals surface area (Å²) >= 11 is 0. The van der Waals surface area contributed by atoms with Gasteiger partial charge in [-0.2, -0.15) is 0 Å². The fraction of sp³-hybridized carbons (Fsp3) is 1.00. The molecule has 1 aliphatic rings. The third-order valence-corrected chi connectivity index (χ3v) is 6.04. The van der Waals surface area contributed by atoms with E-state index in [1.165, 1.54) is 96.6 Å². The topological polar surface area (TPSA) is 24.5 Å². The van der Waals surface area contributed by atoms with Gasteiger partial charge in [0, 0.05) is 25.7 Å². The van der Waals surface area contributed by atoms with Crippen molar-refractivity contribution in [2.24, 2.45) is 5.92 Å². The molecule has 0 heterocycles. The summed E-state index contributed by atoms with van der Waals surface area (Å²) < 4.78 is 5.98. The molecule has 1 aliphatic carbocycles. The minimum atomic E-state index is 0.516. The van der Waals surface area contributed by atoms with Crippen LogP contribution in [0, 0.1) is 5.92 Å². The summed E-state index contributed by atoms with van der Waals surface area (Å²) in [5.74, 6) is 0.901. The average molecular weight is 369 g/mol. The van der Waals surface area contributed by atoms with E-state index in [1.54, 1.807) is 0 Å². The number of hydrogen-bond donors (Lipinski definition) is 1. The van der Waals surface area contributed by atoms with Gasteiger partial charge in [-0.1, -0.05) is 65.2 Å². The second-order valence-electron chi connectivity index (χ2n) is 8.63. The van der Waals surface area contributed by atoms with Crippen molar-refractivity contribution in [3.63, 3.8) is 0 Å². The first-order valence-electron chi connectivity index (χ1n) is 11.7. The second kappa shape index (κ2) is 15.9. The molecule has 26 heavy (non-hydrogen) atoms. The maximum Gasteiger partial charge on any atom is 0.0604 e. The number of nitrogens with one attached hydrogen (secondary N) is 1. The molecule has 0 aliphatic heterocycles. The van der Waals surface area contributed by atoms with E-state index in [2.05, 4.69) is 38.2 Å². The van der Waals surface area contributed by atoms with Crippen LogP contribution in [0.5, 0.6) is 0 Å². The molecule has 0 aromatic heterocycles. The minimum absolute atomic E-state index is 0.516. The monoisotopic (exact) mass is 368 g/mol. The average Bonchev–Trinajstić information content (AvgIpc) is 2.60. The van der Waals surface area contributed by atoms with Gasteiger partial charge in [-0.05, 0) is 52.1 Å². The van der Waals surface area contributed by atoms with Crippen molar-refractivity contribution in [2.45, 2.75) is 109 Å². The van der Waals surface area contributed by atoms with Gasteiger partial charge in [0.15, 0.2) is 0 Å². The molecule has 1 rings (SSSR count). The Kier molecular flexibility index (Phi) is 14.6. The first-order chi connectivity index (χ1) is 12.7. The SMILES string of the molecule is CCCCCCC(CCCCCC)CN(C)CCCO[C@H]1C[C@H](NC)C1. The van der Waals surface area contributed by atoms with Gasteiger partial charge >= 0.3 is 0 Å². The lowest BCUT2D eigenvalue weighted by Crippen LogP contribution is -2.43. The molecule has 0 aromatic carbocycles. The van der Waals surface area contributed by atoms with Gasteiger partial charge in [-0.15, -0.1) is 0 Å². The number of nitrogens with zero attached hydrogens (tertiary/aromatic N) is 1. The lowest BCUT2D eigenvalue weighted by molar-refractivity contribution is -0.0177. The van der Waals surface area contributed by atoms with Crippen LogP contribution in [0.15, 0.2) is 0 Å². The summed E-state index contributed by atoms with van der Waals surface area (Å²) in [5, 5.41) is 3.32. The van der Waals surface area contributed by atoms with E-state index in [0.29, 0.717) is 12.1 Å². The van der Waals surface area contributed by atoms with Crippen molar-refractivity contribution in [3.8, 4) is 0 Å². The van der Waals surface area contributed by atoms with Gasteiger partial charge in [0.2, 0.25) is 0 Å². The van der Waals surface area contributed by atoms with Crippen LogP contribution in [-0.2, 0) is 4.74 Å². The van der Waals surface area contributed by atoms with E-state index < -0.39 is 0 Å². The van der Waals surface area contributed by atoms with Crippen molar-refractivity contribution in [3.05, 3.63) is 0 Å². The maximum atomic E-state index is 5.98. The van der Waals surface area contributed by atoms with Gasteiger partial charge in [-0.3, -0.25) is 0 Å². The molecular formula is C23H48N2O. The Balaban J connectivity index is 2.12. The third kappa shape index (κ3) is 11.6. The Labute approximate surface area is 164 Å². The Hall–Kier alpha value is -0.120. The highest BCUT2D eigenvalue weighted by molar-refractivity contribution is 4.84. The van der Waals surface area contributed by atoms with Crippen LogP contribution >= 0.6 is 0 Å². The molecule has 1 saturated carbocycles. The first kappa shape index (κ1) is 23.9. The molecule has 1 N–H and O–H groups in total. The quantitative estimate of drug-likeness (QED) is 0.317. The molecule has 0 bridgehead atoms. The standard InChI is InChI=1S/C23H48N2O/c1-5-7-9-11-14-21(15-12-10-8-6-2)20-25(4)16-13-17-26-23-18-22(19-23)24-3/h21-24H,5-20H2,1-4H3/t22-,23-. The Morgan fingerprint density at radius 2 is 1.54 bits per heavy atom. The summed E-state index contributed by atoms with van der Waals surface area (Å²) in [7, 11) is 4.36. The van der Waals surface area contributed by atoms with Crippen LogP contribution in [-0.4, -0.2) is 50.8 Å². The van der Waals surface area contributed by atoms with Crippen molar-refractivity contribution < 1.29 is 4.74 Å². The molecular weight excluding hydrogens is 320 g/mol. The zero-order valence-corrected chi connectivity index (χ0v) is 18.4. The van der Waals surface area contributed by atoms with E-state index in [9.17, 15) is 0 Å². The fourth-order valence-corrected chi connectivity index (χ4v) is 4.10. The normalized spacial score (nSPS) is 20.1. The van der Waals surface area contributed by atoms with Gasteiger partial charge < -0.3 is 15.0 Å². The van der Waals surface area contributed by atoms with Crippen LogP contribution in [0.25, 0.3) is 0 Å². The van der Waals surface area contributed by atoms with Gasteiger partial charge in [0.05, 0.1) is 6.10 Å². The first-order valence-corrected chi connectivity index (χ1v) is 11.7. The van der Waals surface area contributed by atoms with E-state index >= 15 is 0 Å². The highest BCUT2D eigenvalue weighted by atomic mass is 16.5. The molecule has 0 unspecified atom stereocenters. The summed E-state index contributed by atoms with van der Waals surface area (Å²) in [6.07, 6.45) is 18.2. The Morgan fingerprint density at radius 3 is 2.08 bits per heavy atom. The Morgan fingerprint density at radius 1 is 0.923 bits per heavy atom.